The number of nitrogens with one attached hydrogen (secondary N) is 1. The molecule has 1 spiro atoms. The molecule has 3 fully saturated rings. The SMILES string of the molecule is O=C(NCC1CC1)C1CN(C(=O)c2ccsc2)CC12CCOCC2. The van der Waals surface area contributed by atoms with Gasteiger partial charge in [0.2, 0.25) is 5.91 Å². The summed E-state index contributed by atoms with van der Waals surface area (Å²) in [7, 11) is 0. The second kappa shape index (κ2) is 6.48. The lowest BCUT2D eigenvalue weighted by molar-refractivity contribution is -0.129. The Morgan fingerprint density at radius 3 is 2.79 bits per heavy atom. The van der Waals surface area contributed by atoms with Crippen molar-refractivity contribution in [3.8, 4) is 0 Å². The summed E-state index contributed by atoms with van der Waals surface area (Å²) < 4.78 is 5.53. The first-order valence-corrected chi connectivity index (χ1v) is 9.79. The van der Waals surface area contributed by atoms with Crippen LogP contribution in [0.15, 0.2) is 16.8 Å². The molecule has 0 radical (unpaired) electrons. The standard InChI is InChI=1S/C18H24N2O3S/c21-16(19-9-13-1-2-13)15-10-20(17(22)14-3-8-24-11-14)12-18(15)4-6-23-7-5-18/h3,8,11,13,15H,1-2,4-7,9-10,12H2,(H,19,21). The predicted octanol–water partition coefficient (Wildman–Crippen LogP) is 2.14. The Morgan fingerprint density at radius 2 is 2.12 bits per heavy atom. The van der Waals surface area contributed by atoms with Crippen molar-refractivity contribution in [3.63, 3.8) is 0 Å². The molecule has 0 aromatic carbocycles. The topological polar surface area (TPSA) is 58.6 Å². The first-order valence-electron chi connectivity index (χ1n) is 8.85. The molecular formula is C18H24N2O3S. The summed E-state index contributed by atoms with van der Waals surface area (Å²) in [5.41, 5.74) is 0.624. The highest BCUT2D eigenvalue weighted by Gasteiger charge is 2.51. The van der Waals surface area contributed by atoms with E-state index in [-0.39, 0.29) is 23.1 Å². The van der Waals surface area contributed by atoms with Crippen molar-refractivity contribution in [2.45, 2.75) is 25.7 Å². The molecule has 4 rings (SSSR count). The van der Waals surface area contributed by atoms with Gasteiger partial charge in [0.05, 0.1) is 11.5 Å². The smallest absolute Gasteiger partial charge is 0.254 e. The lowest BCUT2D eigenvalue weighted by atomic mass is 9.71. The Morgan fingerprint density at radius 1 is 1.33 bits per heavy atom. The molecule has 24 heavy (non-hydrogen) atoms. The summed E-state index contributed by atoms with van der Waals surface area (Å²) in [6.07, 6.45) is 4.18. The summed E-state index contributed by atoms with van der Waals surface area (Å²) in [5, 5.41) is 6.95. The number of rotatable bonds is 4. The van der Waals surface area contributed by atoms with Crippen LogP contribution < -0.4 is 5.32 Å². The highest BCUT2D eigenvalue weighted by Crippen LogP contribution is 2.45. The van der Waals surface area contributed by atoms with Gasteiger partial charge in [0.1, 0.15) is 0 Å². The first-order chi connectivity index (χ1) is 11.7. The van der Waals surface area contributed by atoms with E-state index in [0.717, 1.165) is 24.9 Å². The minimum Gasteiger partial charge on any atom is -0.381 e. The second-order valence-corrected chi connectivity index (χ2v) is 8.19. The van der Waals surface area contributed by atoms with Gasteiger partial charge >= 0.3 is 0 Å². The Kier molecular flexibility index (Phi) is 4.35. The number of carbonyl (C=O) groups is 2. The molecular weight excluding hydrogens is 324 g/mol. The third-order valence-electron chi connectivity index (χ3n) is 5.77. The van der Waals surface area contributed by atoms with E-state index in [4.69, 9.17) is 4.74 Å². The Bertz CT molecular complexity index is 606. The van der Waals surface area contributed by atoms with Crippen LogP contribution in [0.5, 0.6) is 0 Å². The molecule has 1 aromatic rings. The average molecular weight is 348 g/mol. The van der Waals surface area contributed by atoms with Gasteiger partial charge < -0.3 is 15.0 Å². The molecule has 3 aliphatic rings. The van der Waals surface area contributed by atoms with Crippen molar-refractivity contribution < 1.29 is 14.3 Å². The van der Waals surface area contributed by atoms with Crippen molar-refractivity contribution in [1.29, 1.82) is 0 Å². The predicted molar refractivity (Wildman–Crippen MR) is 91.9 cm³/mol. The molecule has 1 atom stereocenters. The van der Waals surface area contributed by atoms with Crippen LogP contribution in [0, 0.1) is 17.3 Å². The maximum absolute atomic E-state index is 12.8. The zero-order valence-corrected chi connectivity index (χ0v) is 14.6. The average Bonchev–Trinajstić information content (AvgIpc) is 3.13. The minimum absolute atomic E-state index is 0.0552. The summed E-state index contributed by atoms with van der Waals surface area (Å²) >= 11 is 1.53. The van der Waals surface area contributed by atoms with Gasteiger partial charge in [0.15, 0.2) is 0 Å². The van der Waals surface area contributed by atoms with E-state index in [1.165, 1.54) is 24.2 Å². The van der Waals surface area contributed by atoms with Crippen LogP contribution in [-0.4, -0.2) is 49.6 Å². The number of hydrogen-bond donors (Lipinski definition) is 1. The van der Waals surface area contributed by atoms with E-state index in [1.807, 2.05) is 21.7 Å². The minimum atomic E-state index is -0.114. The maximum atomic E-state index is 12.8. The van der Waals surface area contributed by atoms with E-state index in [1.54, 1.807) is 0 Å². The van der Waals surface area contributed by atoms with E-state index in [9.17, 15) is 9.59 Å². The van der Waals surface area contributed by atoms with Crippen LogP contribution >= 0.6 is 11.3 Å². The molecule has 1 aliphatic carbocycles. The van der Waals surface area contributed by atoms with E-state index < -0.39 is 0 Å². The van der Waals surface area contributed by atoms with Crippen molar-refractivity contribution >= 4 is 23.2 Å². The Labute approximate surface area is 146 Å². The van der Waals surface area contributed by atoms with Crippen LogP contribution in [0.4, 0.5) is 0 Å². The fraction of sp³-hybridized carbons (Fsp3) is 0.667. The monoisotopic (exact) mass is 348 g/mol. The molecule has 6 heteroatoms. The van der Waals surface area contributed by atoms with Crippen LogP contribution in [0.3, 0.4) is 0 Å². The summed E-state index contributed by atoms with van der Waals surface area (Å²) in [6.45, 7) is 3.37. The molecule has 2 amide bonds. The highest BCUT2D eigenvalue weighted by atomic mass is 32.1. The Hall–Kier alpha value is -1.40. The second-order valence-electron chi connectivity index (χ2n) is 7.41. The maximum Gasteiger partial charge on any atom is 0.254 e. The number of carbonyl (C=O) groups excluding carboxylic acids is 2. The third kappa shape index (κ3) is 3.09. The molecule has 0 bridgehead atoms. The number of nitrogens with zero attached hydrogens (tertiary/aromatic N) is 1. The van der Waals surface area contributed by atoms with E-state index in [0.29, 0.717) is 32.2 Å². The summed E-state index contributed by atoms with van der Waals surface area (Å²) in [4.78, 5) is 27.4. The number of likely N-dealkylation sites (tertiary alicyclic amines) is 1. The molecule has 1 unspecified atom stereocenters. The fourth-order valence-electron chi connectivity index (χ4n) is 4.03. The van der Waals surface area contributed by atoms with Crippen molar-refractivity contribution in [3.05, 3.63) is 22.4 Å². The zero-order chi connectivity index (χ0) is 16.6. The number of thiophene rings is 1. The van der Waals surface area contributed by atoms with Crippen LogP contribution in [0.25, 0.3) is 0 Å². The number of hydrogen-bond acceptors (Lipinski definition) is 4. The third-order valence-corrected chi connectivity index (χ3v) is 6.45. The van der Waals surface area contributed by atoms with Crippen LogP contribution in [0.1, 0.15) is 36.0 Å². The van der Waals surface area contributed by atoms with Gasteiger partial charge in [0, 0.05) is 43.6 Å². The van der Waals surface area contributed by atoms with Crippen molar-refractivity contribution in [2.24, 2.45) is 17.3 Å². The molecule has 5 nitrogen and oxygen atoms in total. The quantitative estimate of drug-likeness (QED) is 0.907. The largest absolute Gasteiger partial charge is 0.381 e. The van der Waals surface area contributed by atoms with Gasteiger partial charge in [-0.25, -0.2) is 0 Å². The van der Waals surface area contributed by atoms with Crippen molar-refractivity contribution in [2.75, 3.05) is 32.8 Å². The normalized spacial score (nSPS) is 25.8. The molecule has 130 valence electrons. The van der Waals surface area contributed by atoms with Gasteiger partial charge in [-0.05, 0) is 43.0 Å². The molecule has 3 heterocycles. The van der Waals surface area contributed by atoms with Gasteiger partial charge in [-0.2, -0.15) is 11.3 Å². The van der Waals surface area contributed by atoms with Crippen LogP contribution in [-0.2, 0) is 9.53 Å². The molecule has 2 aliphatic heterocycles. The lowest BCUT2D eigenvalue weighted by Crippen LogP contribution is -2.44. The molecule has 2 saturated heterocycles. The van der Waals surface area contributed by atoms with Gasteiger partial charge in [-0.3, -0.25) is 9.59 Å². The summed E-state index contributed by atoms with van der Waals surface area (Å²) in [5.74, 6) is 0.747. The number of ether oxygens (including phenoxy) is 1. The summed E-state index contributed by atoms with van der Waals surface area (Å²) in [6, 6.07) is 1.87. The van der Waals surface area contributed by atoms with Crippen LogP contribution in [0.2, 0.25) is 0 Å². The van der Waals surface area contributed by atoms with Gasteiger partial charge in [-0.1, -0.05) is 0 Å². The molecule has 1 N–H and O–H groups in total. The fourth-order valence-corrected chi connectivity index (χ4v) is 4.66. The lowest BCUT2D eigenvalue weighted by Gasteiger charge is -2.37. The highest BCUT2D eigenvalue weighted by molar-refractivity contribution is 7.08. The number of amides is 2. The van der Waals surface area contributed by atoms with Gasteiger partial charge in [0.25, 0.3) is 5.91 Å². The van der Waals surface area contributed by atoms with E-state index in [2.05, 4.69) is 5.32 Å². The van der Waals surface area contributed by atoms with Gasteiger partial charge in [-0.15, -0.1) is 0 Å². The zero-order valence-electron chi connectivity index (χ0n) is 13.8. The molecule has 1 saturated carbocycles. The molecule has 1 aromatic heterocycles. The van der Waals surface area contributed by atoms with E-state index >= 15 is 0 Å². The first kappa shape index (κ1) is 16.1. The Balaban J connectivity index is 1.50. The van der Waals surface area contributed by atoms with Crippen molar-refractivity contribution in [1.82, 2.24) is 10.2 Å².